The monoisotopic (exact) mass is 386 g/mol. The summed E-state index contributed by atoms with van der Waals surface area (Å²) in [5.41, 5.74) is 0. The van der Waals surface area contributed by atoms with Crippen LogP contribution in [0.2, 0.25) is 0 Å². The normalized spacial score (nSPS) is 10.8. The first-order chi connectivity index (χ1) is 9.36. The number of hydrogen-bond donors (Lipinski definition) is 0. The van der Waals surface area contributed by atoms with Gasteiger partial charge in [-0.1, -0.05) is 0 Å². The van der Waals surface area contributed by atoms with E-state index in [2.05, 4.69) is 0 Å². The predicted octanol–water partition coefficient (Wildman–Crippen LogP) is 3.07. The maximum absolute atomic E-state index is 11.5. The summed E-state index contributed by atoms with van der Waals surface area (Å²) in [4.78, 5) is 34.5. The molecule has 0 aromatic rings. The van der Waals surface area contributed by atoms with E-state index >= 15 is 0 Å². The Labute approximate surface area is 128 Å². The number of rotatable bonds is 9. The van der Waals surface area contributed by atoms with E-state index in [9.17, 15) is 14.4 Å². The van der Waals surface area contributed by atoms with Crippen LogP contribution in [0.4, 0.5) is 0 Å². The molecule has 0 aromatic heterocycles. The van der Waals surface area contributed by atoms with Crippen molar-refractivity contribution in [2.45, 2.75) is 59.3 Å². The van der Waals surface area contributed by atoms with E-state index in [1.54, 1.807) is 20.8 Å². The van der Waals surface area contributed by atoms with Gasteiger partial charge in [-0.05, 0) is 0 Å². The Bertz CT molecular complexity index is 297. The van der Waals surface area contributed by atoms with Gasteiger partial charge in [0.25, 0.3) is 0 Å². The van der Waals surface area contributed by atoms with Gasteiger partial charge in [0.05, 0.1) is 0 Å². The first kappa shape index (κ1) is 19.6. The summed E-state index contributed by atoms with van der Waals surface area (Å²) in [6.45, 7) is 5.37. The van der Waals surface area contributed by atoms with Crippen molar-refractivity contribution in [1.82, 2.24) is 0 Å². The molecule has 0 rings (SSSR count). The van der Waals surface area contributed by atoms with E-state index in [-0.39, 0.29) is 19.3 Å². The van der Waals surface area contributed by atoms with E-state index < -0.39 is 38.3 Å². The average molecular weight is 388 g/mol. The molecule has 0 radical (unpaired) electrons. The fourth-order valence-corrected chi connectivity index (χ4v) is 5.83. The molecule has 0 aliphatic rings. The van der Waals surface area contributed by atoms with Gasteiger partial charge in [-0.15, -0.1) is 0 Å². The molecule has 116 valence electrons. The van der Waals surface area contributed by atoms with Crippen molar-refractivity contribution in [2.75, 3.05) is 0 Å². The zero-order valence-electron chi connectivity index (χ0n) is 12.1. The quantitative estimate of drug-likeness (QED) is 0.604. The minimum atomic E-state index is -4.95. The van der Waals surface area contributed by atoms with E-state index in [0.29, 0.717) is 19.3 Å². The average Bonchev–Trinajstić information content (AvgIpc) is 2.28. The van der Waals surface area contributed by atoms with Crippen LogP contribution in [0.25, 0.3) is 0 Å². The second-order valence-corrected chi connectivity index (χ2v) is 10.8. The molecule has 0 bridgehead atoms. The molecule has 0 aliphatic carbocycles. The van der Waals surface area contributed by atoms with E-state index in [4.69, 9.17) is 17.0 Å². The maximum atomic E-state index is 11.5. The van der Waals surface area contributed by atoms with Crippen molar-refractivity contribution in [2.24, 2.45) is 0 Å². The number of halogens is 1. The molecule has 0 saturated carbocycles. The summed E-state index contributed by atoms with van der Waals surface area (Å²) in [5, 5.41) is 0. The van der Waals surface area contributed by atoms with Gasteiger partial charge in [-0.3, -0.25) is 0 Å². The fraction of sp³-hybridized carbons (Fsp3) is 0.750. The third kappa shape index (κ3) is 8.69. The van der Waals surface area contributed by atoms with Gasteiger partial charge in [0.15, 0.2) is 0 Å². The standard InChI is InChI=1S/3C4H8O2.ClH.Zr/c3*1-2-3-4(5)6;;/h3*2-3H2,1H3,(H,5,6);1H;/q;;;;+4/p-4. The Morgan fingerprint density at radius 3 is 1.20 bits per heavy atom. The van der Waals surface area contributed by atoms with Crippen molar-refractivity contribution in [1.29, 1.82) is 0 Å². The molecule has 0 heterocycles. The molecule has 0 aromatic carbocycles. The number of hydrogen-bond acceptors (Lipinski definition) is 6. The molecule has 6 nitrogen and oxygen atoms in total. The van der Waals surface area contributed by atoms with Crippen LogP contribution in [0.5, 0.6) is 0 Å². The second kappa shape index (κ2) is 10.3. The zero-order chi connectivity index (χ0) is 15.6. The molecule has 0 N–H and O–H groups in total. The summed E-state index contributed by atoms with van der Waals surface area (Å²) in [6, 6.07) is 0. The molecular formula is C12H21ClO6Zr. The SMILES string of the molecule is CCCC(=O)[O][Zr]([Cl])([O]C(=O)CCC)[O]C(=O)CCC. The van der Waals surface area contributed by atoms with Crippen LogP contribution >= 0.6 is 8.51 Å². The van der Waals surface area contributed by atoms with Crippen molar-refractivity contribution < 1.29 is 43.2 Å². The van der Waals surface area contributed by atoms with Gasteiger partial charge in [0, 0.05) is 0 Å². The molecule has 0 aliphatic heterocycles. The van der Waals surface area contributed by atoms with E-state index in [0.717, 1.165) is 0 Å². The van der Waals surface area contributed by atoms with Crippen molar-refractivity contribution in [3.05, 3.63) is 0 Å². The van der Waals surface area contributed by atoms with Crippen LogP contribution in [0.1, 0.15) is 59.3 Å². The third-order valence-electron chi connectivity index (χ3n) is 2.07. The van der Waals surface area contributed by atoms with Gasteiger partial charge in [-0.25, -0.2) is 0 Å². The van der Waals surface area contributed by atoms with Gasteiger partial charge in [0.1, 0.15) is 0 Å². The third-order valence-corrected chi connectivity index (χ3v) is 6.92. The van der Waals surface area contributed by atoms with Crippen molar-refractivity contribution >= 4 is 26.4 Å². The van der Waals surface area contributed by atoms with Crippen molar-refractivity contribution in [3.8, 4) is 0 Å². The van der Waals surface area contributed by atoms with Gasteiger partial charge in [-0.2, -0.15) is 0 Å². The molecule has 0 saturated heterocycles. The molecule has 0 atom stereocenters. The Kier molecular flexibility index (Phi) is 10.1. The number of carbonyl (C=O) groups excluding carboxylic acids is 3. The fourth-order valence-electron chi connectivity index (χ4n) is 1.24. The Balaban J connectivity index is 4.77. The topological polar surface area (TPSA) is 78.9 Å². The van der Waals surface area contributed by atoms with Crippen LogP contribution in [0.3, 0.4) is 0 Å². The van der Waals surface area contributed by atoms with Crippen LogP contribution in [-0.2, 0) is 43.2 Å². The molecule has 0 spiro atoms. The first-order valence-electron chi connectivity index (χ1n) is 6.71. The summed E-state index contributed by atoms with van der Waals surface area (Å²) < 4.78 is 14.9. The van der Waals surface area contributed by atoms with Gasteiger partial charge < -0.3 is 0 Å². The predicted molar refractivity (Wildman–Crippen MR) is 68.9 cm³/mol. The summed E-state index contributed by atoms with van der Waals surface area (Å²) >= 11 is -4.95. The van der Waals surface area contributed by atoms with E-state index in [1.165, 1.54) is 0 Å². The molecule has 0 fully saturated rings. The van der Waals surface area contributed by atoms with Gasteiger partial charge >= 0.3 is 129 Å². The summed E-state index contributed by atoms with van der Waals surface area (Å²) in [6.07, 6.45) is 2.06. The Morgan fingerprint density at radius 1 is 0.750 bits per heavy atom. The van der Waals surface area contributed by atoms with Crippen LogP contribution in [-0.4, -0.2) is 17.9 Å². The Morgan fingerprint density at radius 2 is 1.00 bits per heavy atom. The van der Waals surface area contributed by atoms with Crippen LogP contribution < -0.4 is 0 Å². The zero-order valence-corrected chi connectivity index (χ0v) is 15.3. The molecule has 0 amide bonds. The minimum absolute atomic E-state index is 0.127. The molecule has 0 unspecified atom stereocenters. The molecular weight excluding hydrogens is 367 g/mol. The van der Waals surface area contributed by atoms with Crippen LogP contribution in [0, 0.1) is 0 Å². The first-order valence-corrected chi connectivity index (χ1v) is 12.9. The summed E-state index contributed by atoms with van der Waals surface area (Å²) in [5.74, 6) is -1.86. The molecule has 20 heavy (non-hydrogen) atoms. The Hall–Kier alpha value is -0.417. The van der Waals surface area contributed by atoms with Crippen LogP contribution in [0.15, 0.2) is 0 Å². The molecule has 8 heteroatoms. The summed E-state index contributed by atoms with van der Waals surface area (Å²) in [7, 11) is 6.01. The number of carbonyl (C=O) groups is 3. The van der Waals surface area contributed by atoms with Gasteiger partial charge in [0.2, 0.25) is 0 Å². The van der Waals surface area contributed by atoms with E-state index in [1.807, 2.05) is 0 Å². The second-order valence-electron chi connectivity index (χ2n) is 4.15. The van der Waals surface area contributed by atoms with Crippen molar-refractivity contribution in [3.63, 3.8) is 0 Å².